The molecule has 0 amide bonds. The number of benzene rings is 1. The zero-order chi connectivity index (χ0) is 11.9. The predicted molar refractivity (Wildman–Crippen MR) is 65.8 cm³/mol. The van der Waals surface area contributed by atoms with E-state index in [1.807, 2.05) is 13.8 Å². The maximum atomic E-state index is 13.6. The number of fused-ring (bicyclic) bond motifs is 1. The fraction of sp³-hybridized carbons (Fsp3) is 0.250. The Labute approximate surface area is 103 Å². The van der Waals surface area contributed by atoms with Crippen molar-refractivity contribution in [1.29, 1.82) is 0 Å². The highest BCUT2D eigenvalue weighted by Crippen LogP contribution is 2.32. The van der Waals surface area contributed by atoms with Gasteiger partial charge < -0.3 is 0 Å². The van der Waals surface area contributed by atoms with E-state index in [2.05, 4.69) is 4.98 Å². The summed E-state index contributed by atoms with van der Waals surface area (Å²) in [5, 5.41) is 1.34. The highest BCUT2D eigenvalue weighted by Gasteiger charge is 2.13. The van der Waals surface area contributed by atoms with E-state index in [1.165, 1.54) is 12.1 Å². The van der Waals surface area contributed by atoms with Crippen LogP contribution in [0, 0.1) is 5.82 Å². The van der Waals surface area contributed by atoms with Gasteiger partial charge in [0, 0.05) is 11.1 Å². The molecular formula is C12H10Cl2FN. The third-order valence-electron chi connectivity index (χ3n) is 2.42. The summed E-state index contributed by atoms with van der Waals surface area (Å²) in [7, 11) is 0. The summed E-state index contributed by atoms with van der Waals surface area (Å²) in [5.41, 5.74) is 1.00. The molecule has 4 heteroatoms. The zero-order valence-corrected chi connectivity index (χ0v) is 10.4. The molecule has 0 aliphatic heterocycles. The van der Waals surface area contributed by atoms with Crippen molar-refractivity contribution in [3.8, 4) is 0 Å². The second kappa shape index (κ2) is 4.19. The van der Waals surface area contributed by atoms with Crippen molar-refractivity contribution in [2.75, 3.05) is 0 Å². The van der Waals surface area contributed by atoms with Crippen LogP contribution < -0.4 is 0 Å². The maximum Gasteiger partial charge on any atom is 0.149 e. The summed E-state index contributed by atoms with van der Waals surface area (Å²) in [6.45, 7) is 3.96. The first-order chi connectivity index (χ1) is 7.50. The van der Waals surface area contributed by atoms with Crippen LogP contribution in [0.5, 0.6) is 0 Å². The minimum atomic E-state index is -0.399. The van der Waals surface area contributed by atoms with E-state index in [9.17, 15) is 4.39 Å². The zero-order valence-electron chi connectivity index (χ0n) is 8.89. The standard InChI is InChI=1S/C12H10Cl2FN/c1-6(2)10-5-8(14)11-7(13)3-4-9(15)12(11)16-10/h3-6H,1-2H3. The fourth-order valence-electron chi connectivity index (χ4n) is 1.54. The van der Waals surface area contributed by atoms with Gasteiger partial charge >= 0.3 is 0 Å². The van der Waals surface area contributed by atoms with Gasteiger partial charge in [0.05, 0.1) is 10.0 Å². The van der Waals surface area contributed by atoms with Crippen LogP contribution >= 0.6 is 23.2 Å². The van der Waals surface area contributed by atoms with Crippen LogP contribution in [-0.4, -0.2) is 4.98 Å². The minimum Gasteiger partial charge on any atom is -0.249 e. The van der Waals surface area contributed by atoms with E-state index in [4.69, 9.17) is 23.2 Å². The first-order valence-electron chi connectivity index (χ1n) is 4.95. The first kappa shape index (κ1) is 11.6. The van der Waals surface area contributed by atoms with Crippen molar-refractivity contribution in [2.24, 2.45) is 0 Å². The largest absolute Gasteiger partial charge is 0.249 e. The van der Waals surface area contributed by atoms with E-state index in [0.29, 0.717) is 15.4 Å². The van der Waals surface area contributed by atoms with Gasteiger partial charge in [0.25, 0.3) is 0 Å². The highest BCUT2D eigenvalue weighted by molar-refractivity contribution is 6.42. The Morgan fingerprint density at radius 1 is 1.19 bits per heavy atom. The molecule has 1 aromatic heterocycles. The van der Waals surface area contributed by atoms with Gasteiger partial charge in [-0.25, -0.2) is 9.37 Å². The van der Waals surface area contributed by atoms with Gasteiger partial charge in [0.2, 0.25) is 0 Å². The summed E-state index contributed by atoms with van der Waals surface area (Å²) >= 11 is 12.1. The molecule has 2 rings (SSSR count). The summed E-state index contributed by atoms with van der Waals surface area (Å²) in [6.07, 6.45) is 0. The Balaban J connectivity index is 2.86. The number of halogens is 3. The Kier molecular flexibility index (Phi) is 3.04. The molecule has 1 aromatic carbocycles. The van der Waals surface area contributed by atoms with E-state index >= 15 is 0 Å². The molecule has 0 N–H and O–H groups in total. The highest BCUT2D eigenvalue weighted by atomic mass is 35.5. The van der Waals surface area contributed by atoms with Crippen molar-refractivity contribution < 1.29 is 4.39 Å². The monoisotopic (exact) mass is 257 g/mol. The lowest BCUT2D eigenvalue weighted by molar-refractivity contribution is 0.635. The molecule has 1 nitrogen and oxygen atoms in total. The molecule has 0 unspecified atom stereocenters. The smallest absolute Gasteiger partial charge is 0.149 e. The number of nitrogens with zero attached hydrogens (tertiary/aromatic N) is 1. The number of rotatable bonds is 1. The van der Waals surface area contributed by atoms with Gasteiger partial charge in [0.1, 0.15) is 11.3 Å². The topological polar surface area (TPSA) is 12.9 Å². The van der Waals surface area contributed by atoms with Crippen LogP contribution in [0.4, 0.5) is 4.39 Å². The molecule has 0 bridgehead atoms. The molecule has 2 aromatic rings. The molecule has 16 heavy (non-hydrogen) atoms. The van der Waals surface area contributed by atoms with Gasteiger partial charge in [0.15, 0.2) is 0 Å². The molecule has 0 atom stereocenters. The Morgan fingerprint density at radius 3 is 2.50 bits per heavy atom. The number of hydrogen-bond acceptors (Lipinski definition) is 1. The summed E-state index contributed by atoms with van der Waals surface area (Å²) in [4.78, 5) is 4.25. The molecule has 0 saturated carbocycles. The van der Waals surface area contributed by atoms with Crippen molar-refractivity contribution in [1.82, 2.24) is 4.98 Å². The Bertz CT molecular complexity index is 552. The SMILES string of the molecule is CC(C)c1cc(Cl)c2c(Cl)ccc(F)c2n1. The average molecular weight is 258 g/mol. The van der Waals surface area contributed by atoms with Crippen LogP contribution in [0.1, 0.15) is 25.5 Å². The van der Waals surface area contributed by atoms with Crippen molar-refractivity contribution >= 4 is 34.1 Å². The van der Waals surface area contributed by atoms with Crippen LogP contribution in [0.3, 0.4) is 0 Å². The summed E-state index contributed by atoms with van der Waals surface area (Å²) in [5.74, 6) is -0.205. The Morgan fingerprint density at radius 2 is 1.88 bits per heavy atom. The number of aromatic nitrogens is 1. The van der Waals surface area contributed by atoms with E-state index in [-0.39, 0.29) is 11.4 Å². The molecule has 1 heterocycles. The third-order valence-corrected chi connectivity index (χ3v) is 3.04. The summed E-state index contributed by atoms with van der Waals surface area (Å²) < 4.78 is 13.6. The lowest BCUT2D eigenvalue weighted by Gasteiger charge is -2.09. The predicted octanol–water partition coefficient (Wildman–Crippen LogP) is 4.80. The van der Waals surface area contributed by atoms with Crippen LogP contribution in [0.15, 0.2) is 18.2 Å². The first-order valence-corrected chi connectivity index (χ1v) is 5.70. The molecule has 84 valence electrons. The average Bonchev–Trinajstić information content (AvgIpc) is 2.22. The molecule has 0 saturated heterocycles. The normalized spacial score (nSPS) is 11.4. The van der Waals surface area contributed by atoms with Crippen LogP contribution in [0.2, 0.25) is 10.0 Å². The van der Waals surface area contributed by atoms with Crippen LogP contribution in [-0.2, 0) is 0 Å². The molecule has 0 spiro atoms. The molecule has 0 fully saturated rings. The Hall–Kier alpha value is -0.860. The van der Waals surface area contributed by atoms with Gasteiger partial charge in [-0.1, -0.05) is 37.0 Å². The summed E-state index contributed by atoms with van der Waals surface area (Å²) in [6, 6.07) is 4.53. The van der Waals surface area contributed by atoms with Gasteiger partial charge in [-0.3, -0.25) is 0 Å². The molecule has 0 aliphatic carbocycles. The van der Waals surface area contributed by atoms with Crippen LogP contribution in [0.25, 0.3) is 10.9 Å². The fourth-order valence-corrected chi connectivity index (χ4v) is 2.14. The van der Waals surface area contributed by atoms with Crippen molar-refractivity contribution in [2.45, 2.75) is 19.8 Å². The minimum absolute atomic E-state index is 0.195. The second-order valence-corrected chi connectivity index (χ2v) is 4.75. The van der Waals surface area contributed by atoms with E-state index < -0.39 is 5.82 Å². The molecular weight excluding hydrogens is 248 g/mol. The quantitative estimate of drug-likeness (QED) is 0.715. The van der Waals surface area contributed by atoms with Crippen molar-refractivity contribution in [3.05, 3.63) is 39.8 Å². The maximum absolute atomic E-state index is 13.6. The second-order valence-electron chi connectivity index (χ2n) is 3.94. The van der Waals surface area contributed by atoms with Crippen molar-refractivity contribution in [3.63, 3.8) is 0 Å². The number of hydrogen-bond donors (Lipinski definition) is 0. The van der Waals surface area contributed by atoms with E-state index in [1.54, 1.807) is 6.07 Å². The lowest BCUT2D eigenvalue weighted by Crippen LogP contribution is -1.95. The number of pyridine rings is 1. The van der Waals surface area contributed by atoms with Gasteiger partial charge in [-0.15, -0.1) is 0 Å². The van der Waals surface area contributed by atoms with Gasteiger partial charge in [-0.2, -0.15) is 0 Å². The lowest BCUT2D eigenvalue weighted by atomic mass is 10.1. The third kappa shape index (κ3) is 1.87. The molecule has 0 aliphatic rings. The van der Waals surface area contributed by atoms with E-state index in [0.717, 1.165) is 5.69 Å². The molecule has 0 radical (unpaired) electrons. The van der Waals surface area contributed by atoms with Gasteiger partial charge in [-0.05, 0) is 24.1 Å².